The van der Waals surface area contributed by atoms with Crippen LogP contribution in [0.3, 0.4) is 0 Å². The Labute approximate surface area is 252 Å². The summed E-state index contributed by atoms with van der Waals surface area (Å²) in [6.07, 6.45) is 3.73. The second kappa shape index (κ2) is 9.59. The molecule has 9 rings (SSSR count). The van der Waals surface area contributed by atoms with Crippen molar-refractivity contribution in [2.75, 3.05) is 0 Å². The predicted octanol–water partition coefficient (Wildman–Crippen LogP) is 11.3. The second-order valence-corrected chi connectivity index (χ2v) is 12.1. The Morgan fingerprint density at radius 1 is 0.465 bits per heavy atom. The zero-order chi connectivity index (χ0) is 28.3. The van der Waals surface area contributed by atoms with Crippen LogP contribution in [-0.2, 0) is 0 Å². The number of nitrogens with zero attached hydrogens (tertiary/aromatic N) is 2. The van der Waals surface area contributed by atoms with Gasteiger partial charge in [-0.2, -0.15) is 0 Å². The lowest BCUT2D eigenvalue weighted by Gasteiger charge is -2.14. The second-order valence-electron chi connectivity index (χ2n) is 11.0. The molecule has 0 aliphatic rings. The molecule has 0 spiro atoms. The molecule has 0 bridgehead atoms. The van der Waals surface area contributed by atoms with Crippen LogP contribution < -0.4 is 0 Å². The van der Waals surface area contributed by atoms with E-state index in [1.54, 1.807) is 0 Å². The third-order valence-corrected chi connectivity index (χ3v) is 9.63. The maximum atomic E-state index is 5.44. The molecule has 0 atom stereocenters. The molecule has 0 radical (unpaired) electrons. The topological polar surface area (TPSA) is 25.8 Å². The molecule has 6 aromatic carbocycles. The number of thiophene rings is 1. The SMILES string of the molecule is c1cncc(-c2cccc(-c3cc4c(ccc5sc6cc7ccccc7cc6c54)c(-c4cccc5ccccc45)n3)c2)c1. The van der Waals surface area contributed by atoms with Gasteiger partial charge < -0.3 is 0 Å². The average Bonchev–Trinajstić information content (AvgIpc) is 3.44. The zero-order valence-electron chi connectivity index (χ0n) is 23.2. The first-order valence-electron chi connectivity index (χ1n) is 14.5. The van der Waals surface area contributed by atoms with E-state index < -0.39 is 0 Å². The first-order valence-corrected chi connectivity index (χ1v) is 15.3. The van der Waals surface area contributed by atoms with Crippen LogP contribution in [0.4, 0.5) is 0 Å². The summed E-state index contributed by atoms with van der Waals surface area (Å²) in [7, 11) is 0. The highest BCUT2D eigenvalue weighted by molar-refractivity contribution is 7.26. The van der Waals surface area contributed by atoms with Crippen LogP contribution in [0.5, 0.6) is 0 Å². The van der Waals surface area contributed by atoms with Crippen LogP contribution >= 0.6 is 11.3 Å². The van der Waals surface area contributed by atoms with Gasteiger partial charge in [-0.3, -0.25) is 4.98 Å². The van der Waals surface area contributed by atoms with Gasteiger partial charge in [-0.1, -0.05) is 97.1 Å². The van der Waals surface area contributed by atoms with E-state index in [1.807, 2.05) is 29.8 Å². The summed E-state index contributed by atoms with van der Waals surface area (Å²) >= 11 is 1.87. The summed E-state index contributed by atoms with van der Waals surface area (Å²) in [5.74, 6) is 0. The van der Waals surface area contributed by atoms with Crippen LogP contribution in [0.15, 0.2) is 146 Å². The fourth-order valence-electron chi connectivity index (χ4n) is 6.46. The van der Waals surface area contributed by atoms with Gasteiger partial charge in [0.1, 0.15) is 0 Å². The van der Waals surface area contributed by atoms with Gasteiger partial charge >= 0.3 is 0 Å². The summed E-state index contributed by atoms with van der Waals surface area (Å²) in [5, 5.41) is 9.97. The van der Waals surface area contributed by atoms with Gasteiger partial charge in [-0.05, 0) is 68.9 Å². The number of benzene rings is 6. The molecule has 0 saturated carbocycles. The van der Waals surface area contributed by atoms with Crippen LogP contribution in [0, 0.1) is 0 Å². The molecule has 3 heterocycles. The molecule has 0 saturated heterocycles. The molecule has 0 unspecified atom stereocenters. The van der Waals surface area contributed by atoms with E-state index in [0.717, 1.165) is 33.6 Å². The number of hydrogen-bond acceptors (Lipinski definition) is 3. The van der Waals surface area contributed by atoms with Gasteiger partial charge in [0, 0.05) is 54.6 Å². The minimum absolute atomic E-state index is 0.966. The van der Waals surface area contributed by atoms with Gasteiger partial charge in [0.2, 0.25) is 0 Å². The molecule has 200 valence electrons. The fraction of sp³-hybridized carbons (Fsp3) is 0. The van der Waals surface area contributed by atoms with E-state index in [0.29, 0.717) is 0 Å². The van der Waals surface area contributed by atoms with Crippen LogP contribution in [-0.4, -0.2) is 9.97 Å². The Bertz CT molecular complexity index is 2500. The highest BCUT2D eigenvalue weighted by Crippen LogP contribution is 2.44. The zero-order valence-corrected chi connectivity index (χ0v) is 24.0. The van der Waals surface area contributed by atoms with Crippen molar-refractivity contribution in [2.45, 2.75) is 0 Å². The molecule has 0 fully saturated rings. The van der Waals surface area contributed by atoms with E-state index >= 15 is 0 Å². The fourth-order valence-corrected chi connectivity index (χ4v) is 7.61. The first kappa shape index (κ1) is 24.2. The highest BCUT2D eigenvalue weighted by atomic mass is 32.1. The Morgan fingerprint density at radius 2 is 1.23 bits per heavy atom. The van der Waals surface area contributed by atoms with Crippen molar-refractivity contribution in [1.82, 2.24) is 9.97 Å². The van der Waals surface area contributed by atoms with Crippen molar-refractivity contribution in [2.24, 2.45) is 0 Å². The third kappa shape index (κ3) is 3.93. The van der Waals surface area contributed by atoms with Crippen LogP contribution in [0.2, 0.25) is 0 Å². The van der Waals surface area contributed by atoms with Crippen molar-refractivity contribution in [3.05, 3.63) is 146 Å². The molecule has 0 aliphatic carbocycles. The van der Waals surface area contributed by atoms with Gasteiger partial charge in [0.15, 0.2) is 0 Å². The van der Waals surface area contributed by atoms with E-state index in [9.17, 15) is 0 Å². The van der Waals surface area contributed by atoms with Gasteiger partial charge in [0.05, 0.1) is 11.4 Å². The molecule has 3 aromatic heterocycles. The van der Waals surface area contributed by atoms with Gasteiger partial charge in [-0.15, -0.1) is 11.3 Å². The van der Waals surface area contributed by atoms with Crippen molar-refractivity contribution in [3.8, 4) is 33.6 Å². The summed E-state index contributed by atoms with van der Waals surface area (Å²) in [5.41, 5.74) is 6.44. The molecular weight excluding hydrogens is 541 g/mol. The van der Waals surface area contributed by atoms with Crippen LogP contribution in [0.1, 0.15) is 0 Å². The largest absolute Gasteiger partial charge is 0.264 e. The summed E-state index contributed by atoms with van der Waals surface area (Å²) in [4.78, 5) is 9.79. The number of hydrogen-bond donors (Lipinski definition) is 0. The molecule has 2 nitrogen and oxygen atoms in total. The van der Waals surface area contributed by atoms with E-state index in [2.05, 4.69) is 132 Å². The Morgan fingerprint density at radius 3 is 2.12 bits per heavy atom. The quantitative estimate of drug-likeness (QED) is 0.213. The first-order chi connectivity index (χ1) is 21.3. The Kier molecular flexibility index (Phi) is 5.40. The van der Waals surface area contributed by atoms with Crippen LogP contribution in [0.25, 0.3) is 86.1 Å². The van der Waals surface area contributed by atoms with Crippen molar-refractivity contribution in [1.29, 1.82) is 0 Å². The summed E-state index contributed by atoms with van der Waals surface area (Å²) in [6.45, 7) is 0. The number of pyridine rings is 2. The lowest BCUT2D eigenvalue weighted by molar-refractivity contribution is 1.33. The molecule has 9 aromatic rings. The van der Waals surface area contributed by atoms with Gasteiger partial charge in [0.25, 0.3) is 0 Å². The number of aromatic nitrogens is 2. The maximum Gasteiger partial charge on any atom is 0.0794 e. The smallest absolute Gasteiger partial charge is 0.0794 e. The normalized spacial score (nSPS) is 11.7. The third-order valence-electron chi connectivity index (χ3n) is 8.51. The van der Waals surface area contributed by atoms with Crippen molar-refractivity contribution < 1.29 is 0 Å². The lowest BCUT2D eigenvalue weighted by atomic mass is 9.94. The van der Waals surface area contributed by atoms with Gasteiger partial charge in [-0.25, -0.2) is 4.98 Å². The standard InChI is InChI=1S/C40H24N2S/c1-2-10-28-22-38-35(21-27(28)9-1)39-34-23-36(29-13-5-12-26(20-29)30-14-7-19-41-24-30)42-40(33(34)17-18-37(39)43-38)32-16-6-11-25-8-3-4-15-31(25)32/h1-24H. The van der Waals surface area contributed by atoms with E-state index in [4.69, 9.17) is 4.98 Å². The Balaban J connectivity index is 1.40. The predicted molar refractivity (Wildman–Crippen MR) is 184 cm³/mol. The average molecular weight is 565 g/mol. The molecule has 0 amide bonds. The molecule has 0 N–H and O–H groups in total. The summed E-state index contributed by atoms with van der Waals surface area (Å²) < 4.78 is 2.60. The minimum atomic E-state index is 0.966. The summed E-state index contributed by atoms with van der Waals surface area (Å²) in [6, 6.07) is 48.1. The molecular formula is C40H24N2S. The molecule has 0 aliphatic heterocycles. The lowest BCUT2D eigenvalue weighted by Crippen LogP contribution is -1.93. The highest BCUT2D eigenvalue weighted by Gasteiger charge is 2.17. The monoisotopic (exact) mass is 564 g/mol. The maximum absolute atomic E-state index is 5.44. The Hall–Kier alpha value is -5.38. The minimum Gasteiger partial charge on any atom is -0.264 e. The van der Waals surface area contributed by atoms with Crippen molar-refractivity contribution >= 4 is 63.8 Å². The molecule has 3 heteroatoms. The number of fused-ring (bicyclic) bond motifs is 7. The van der Waals surface area contributed by atoms with E-state index in [1.165, 1.54) is 52.5 Å². The van der Waals surface area contributed by atoms with Crippen molar-refractivity contribution in [3.63, 3.8) is 0 Å². The molecule has 43 heavy (non-hydrogen) atoms. The van der Waals surface area contributed by atoms with E-state index in [-0.39, 0.29) is 0 Å². The number of rotatable bonds is 3.